The molecule has 0 saturated carbocycles. The van der Waals surface area contributed by atoms with E-state index in [0.29, 0.717) is 11.6 Å². The molecule has 0 aliphatic rings. The van der Waals surface area contributed by atoms with Gasteiger partial charge in [-0.1, -0.05) is 23.2 Å². The Bertz CT molecular complexity index is 627. The van der Waals surface area contributed by atoms with Crippen LogP contribution in [-0.4, -0.2) is 9.91 Å². The number of aromatic nitrogens is 1. The van der Waals surface area contributed by atoms with Crippen molar-refractivity contribution in [2.75, 3.05) is 5.32 Å². The summed E-state index contributed by atoms with van der Waals surface area (Å²) in [5, 5.41) is 14.0. The molecule has 8 heteroatoms. The fourth-order valence-corrected chi connectivity index (χ4v) is 2.22. The molecule has 0 aliphatic heterocycles. The van der Waals surface area contributed by atoms with Crippen molar-refractivity contribution in [2.24, 2.45) is 0 Å². The Balaban J connectivity index is 2.19. The van der Waals surface area contributed by atoms with Crippen LogP contribution >= 0.6 is 23.2 Å². The Kier molecular flexibility index (Phi) is 4.15. The highest BCUT2D eigenvalue weighted by Crippen LogP contribution is 2.34. The molecule has 1 N–H and O–H groups in total. The highest BCUT2D eigenvalue weighted by molar-refractivity contribution is 6.39. The number of nitro benzene ring substituents is 1. The first-order valence-corrected chi connectivity index (χ1v) is 6.44. The van der Waals surface area contributed by atoms with E-state index in [1.165, 1.54) is 12.1 Å². The van der Waals surface area contributed by atoms with Crippen LogP contribution in [0.5, 0.6) is 0 Å². The number of non-ortho nitro benzene ring substituents is 1. The average molecular weight is 316 g/mol. The number of anilines is 1. The van der Waals surface area contributed by atoms with E-state index in [1.54, 1.807) is 0 Å². The molecule has 2 aromatic rings. The molecule has 0 saturated heterocycles. The lowest BCUT2D eigenvalue weighted by Gasteiger charge is -2.08. The van der Waals surface area contributed by atoms with Gasteiger partial charge in [0.2, 0.25) is 5.89 Å². The molecule has 6 nitrogen and oxygen atoms in total. The highest BCUT2D eigenvalue weighted by atomic mass is 35.5. The van der Waals surface area contributed by atoms with Crippen molar-refractivity contribution in [3.05, 3.63) is 49.6 Å². The molecule has 0 radical (unpaired) electrons. The van der Waals surface area contributed by atoms with Crippen molar-refractivity contribution in [3.63, 3.8) is 0 Å². The van der Waals surface area contributed by atoms with Gasteiger partial charge in [0.1, 0.15) is 5.76 Å². The van der Waals surface area contributed by atoms with Gasteiger partial charge in [0.25, 0.3) is 5.69 Å². The number of benzene rings is 1. The Morgan fingerprint density at radius 3 is 2.40 bits per heavy atom. The fraction of sp³-hybridized carbons (Fsp3) is 0.250. The summed E-state index contributed by atoms with van der Waals surface area (Å²) >= 11 is 12.0. The summed E-state index contributed by atoms with van der Waals surface area (Å²) in [6, 6.07) is 2.48. The first-order chi connectivity index (χ1) is 9.38. The predicted octanol–water partition coefficient (Wildman–Crippen LogP) is 4.12. The van der Waals surface area contributed by atoms with Gasteiger partial charge in [-0.15, -0.1) is 0 Å². The molecule has 106 valence electrons. The minimum atomic E-state index is -0.553. The Hall–Kier alpha value is -1.79. The lowest BCUT2D eigenvalue weighted by atomic mass is 10.2. The molecule has 20 heavy (non-hydrogen) atoms. The van der Waals surface area contributed by atoms with Gasteiger partial charge in [0, 0.05) is 12.1 Å². The Morgan fingerprint density at radius 2 is 1.95 bits per heavy atom. The first kappa shape index (κ1) is 14.6. The largest absolute Gasteiger partial charge is 0.444 e. The van der Waals surface area contributed by atoms with Gasteiger partial charge in [-0.05, 0) is 13.8 Å². The minimum absolute atomic E-state index is 0.159. The third-order valence-corrected chi connectivity index (χ3v) is 3.32. The summed E-state index contributed by atoms with van der Waals surface area (Å²) < 4.78 is 5.41. The van der Waals surface area contributed by atoms with Gasteiger partial charge in [-0.25, -0.2) is 4.98 Å². The summed E-state index contributed by atoms with van der Waals surface area (Å²) in [5.41, 5.74) is 1.06. The number of hydrogen-bond donors (Lipinski definition) is 1. The zero-order valence-corrected chi connectivity index (χ0v) is 12.2. The van der Waals surface area contributed by atoms with Crippen LogP contribution < -0.4 is 5.32 Å². The number of rotatable bonds is 4. The fourth-order valence-electron chi connectivity index (χ4n) is 1.61. The van der Waals surface area contributed by atoms with E-state index in [-0.39, 0.29) is 22.3 Å². The molecule has 0 fully saturated rings. The van der Waals surface area contributed by atoms with Crippen LogP contribution in [0.3, 0.4) is 0 Å². The van der Waals surface area contributed by atoms with Crippen LogP contribution in [0.1, 0.15) is 17.3 Å². The first-order valence-electron chi connectivity index (χ1n) is 5.68. The van der Waals surface area contributed by atoms with E-state index < -0.39 is 4.92 Å². The van der Waals surface area contributed by atoms with Crippen molar-refractivity contribution in [2.45, 2.75) is 20.4 Å². The normalized spacial score (nSPS) is 10.6. The van der Waals surface area contributed by atoms with Crippen molar-refractivity contribution in [1.29, 1.82) is 0 Å². The van der Waals surface area contributed by atoms with Gasteiger partial charge >= 0.3 is 0 Å². The molecule has 0 bridgehead atoms. The van der Waals surface area contributed by atoms with E-state index in [4.69, 9.17) is 27.6 Å². The number of nitrogens with zero attached hydrogens (tertiary/aromatic N) is 2. The number of nitro groups is 1. The summed E-state index contributed by atoms with van der Waals surface area (Å²) in [6.07, 6.45) is 0. The van der Waals surface area contributed by atoms with E-state index in [2.05, 4.69) is 10.3 Å². The number of aryl methyl sites for hydroxylation is 2. The topological polar surface area (TPSA) is 81.2 Å². The third-order valence-electron chi connectivity index (χ3n) is 2.73. The van der Waals surface area contributed by atoms with Gasteiger partial charge in [0.05, 0.1) is 32.9 Å². The lowest BCUT2D eigenvalue weighted by Crippen LogP contribution is -2.01. The lowest BCUT2D eigenvalue weighted by molar-refractivity contribution is -0.384. The quantitative estimate of drug-likeness (QED) is 0.678. The Morgan fingerprint density at radius 1 is 1.35 bits per heavy atom. The molecule has 0 unspecified atom stereocenters. The molecular formula is C12H11Cl2N3O3. The highest BCUT2D eigenvalue weighted by Gasteiger charge is 2.15. The monoisotopic (exact) mass is 315 g/mol. The van der Waals surface area contributed by atoms with E-state index >= 15 is 0 Å². The second-order valence-corrected chi connectivity index (χ2v) is 4.96. The molecule has 1 aromatic carbocycles. The van der Waals surface area contributed by atoms with Crippen molar-refractivity contribution >= 4 is 34.6 Å². The van der Waals surface area contributed by atoms with Crippen molar-refractivity contribution in [3.8, 4) is 0 Å². The van der Waals surface area contributed by atoms with Gasteiger partial charge in [0.15, 0.2) is 0 Å². The molecule has 0 aliphatic carbocycles. The molecule has 1 heterocycles. The SMILES string of the molecule is Cc1nc(CNc2c(Cl)cc([N+](=O)[O-])cc2Cl)oc1C. The number of oxazole rings is 1. The zero-order chi connectivity index (χ0) is 14.9. The van der Waals surface area contributed by atoms with Crippen molar-refractivity contribution < 1.29 is 9.34 Å². The summed E-state index contributed by atoms with van der Waals surface area (Å²) in [6.45, 7) is 3.94. The second kappa shape index (κ2) is 5.68. The van der Waals surface area contributed by atoms with Crippen LogP contribution in [0.25, 0.3) is 0 Å². The Labute approximate surface area is 124 Å². The second-order valence-electron chi connectivity index (χ2n) is 4.14. The molecule has 0 amide bonds. The maximum absolute atomic E-state index is 10.7. The van der Waals surface area contributed by atoms with Crippen LogP contribution in [0.15, 0.2) is 16.5 Å². The third kappa shape index (κ3) is 3.02. The molecule has 1 aromatic heterocycles. The summed E-state index contributed by atoms with van der Waals surface area (Å²) in [4.78, 5) is 14.3. The van der Waals surface area contributed by atoms with E-state index in [0.717, 1.165) is 11.5 Å². The van der Waals surface area contributed by atoms with Crippen LogP contribution in [-0.2, 0) is 6.54 Å². The standard InChI is InChI=1S/C12H11Cl2N3O3/c1-6-7(2)20-11(16-6)5-15-12-9(13)3-8(17(18)19)4-10(12)14/h3-4,15H,5H2,1-2H3. The number of halogens is 2. The maximum Gasteiger partial charge on any atom is 0.272 e. The zero-order valence-electron chi connectivity index (χ0n) is 10.7. The van der Waals surface area contributed by atoms with Crippen LogP contribution in [0.2, 0.25) is 10.0 Å². The van der Waals surface area contributed by atoms with E-state index in [9.17, 15) is 10.1 Å². The van der Waals surface area contributed by atoms with E-state index in [1.807, 2.05) is 13.8 Å². The smallest absolute Gasteiger partial charge is 0.272 e. The van der Waals surface area contributed by atoms with Gasteiger partial charge in [-0.3, -0.25) is 10.1 Å². The maximum atomic E-state index is 10.7. The minimum Gasteiger partial charge on any atom is -0.444 e. The molecule has 0 spiro atoms. The molecular weight excluding hydrogens is 305 g/mol. The van der Waals surface area contributed by atoms with Gasteiger partial charge < -0.3 is 9.73 Å². The average Bonchev–Trinajstić information content (AvgIpc) is 2.67. The summed E-state index contributed by atoms with van der Waals surface area (Å²) in [5.74, 6) is 1.23. The molecule has 2 rings (SSSR count). The number of hydrogen-bond acceptors (Lipinski definition) is 5. The summed E-state index contributed by atoms with van der Waals surface area (Å²) in [7, 11) is 0. The number of nitrogens with one attached hydrogen (secondary N) is 1. The van der Waals surface area contributed by atoms with Gasteiger partial charge in [-0.2, -0.15) is 0 Å². The van der Waals surface area contributed by atoms with Crippen LogP contribution in [0, 0.1) is 24.0 Å². The van der Waals surface area contributed by atoms with Crippen molar-refractivity contribution in [1.82, 2.24) is 4.98 Å². The molecule has 0 atom stereocenters. The predicted molar refractivity (Wildman–Crippen MR) is 76.4 cm³/mol. The van der Waals surface area contributed by atoms with Crippen LogP contribution in [0.4, 0.5) is 11.4 Å².